The normalized spacial score (nSPS) is 11.2. The van der Waals surface area contributed by atoms with E-state index in [1.807, 2.05) is 25.1 Å². The van der Waals surface area contributed by atoms with Crippen LogP contribution < -0.4 is 16.4 Å². The first-order valence-electron chi connectivity index (χ1n) is 8.42. The number of rotatable bonds is 3. The van der Waals surface area contributed by atoms with Gasteiger partial charge in [0.2, 0.25) is 0 Å². The molecule has 2 heterocycles. The number of aryl methyl sites for hydroxylation is 2. The molecule has 0 saturated heterocycles. The SMILES string of the molecule is CCn1c(=O)c(=O)[nH]c2cc(C(=O)Nc3nc4c(C)cccc4s3)ccc21. The molecule has 0 spiro atoms. The number of amides is 1. The zero-order valence-electron chi connectivity index (χ0n) is 14.7. The molecule has 0 aliphatic carbocycles. The summed E-state index contributed by atoms with van der Waals surface area (Å²) in [5.74, 6) is -0.330. The van der Waals surface area contributed by atoms with E-state index in [0.29, 0.717) is 28.3 Å². The average Bonchev–Trinajstić information content (AvgIpc) is 3.06. The average molecular weight is 380 g/mol. The second kappa shape index (κ2) is 6.48. The highest BCUT2D eigenvalue weighted by Gasteiger charge is 2.13. The molecule has 8 heteroatoms. The summed E-state index contributed by atoms with van der Waals surface area (Å²) in [4.78, 5) is 43.4. The van der Waals surface area contributed by atoms with E-state index in [0.717, 1.165) is 15.8 Å². The minimum atomic E-state index is -0.705. The highest BCUT2D eigenvalue weighted by Crippen LogP contribution is 2.28. The number of hydrogen-bond donors (Lipinski definition) is 2. The number of carbonyl (C=O) groups excluding carboxylic acids is 1. The Morgan fingerprint density at radius 3 is 2.81 bits per heavy atom. The van der Waals surface area contributed by atoms with Crippen LogP contribution in [0.15, 0.2) is 46.0 Å². The predicted octanol–water partition coefficient (Wildman–Crippen LogP) is 2.88. The third-order valence-electron chi connectivity index (χ3n) is 4.39. The van der Waals surface area contributed by atoms with E-state index in [4.69, 9.17) is 0 Å². The summed E-state index contributed by atoms with van der Waals surface area (Å²) in [6.45, 7) is 4.13. The van der Waals surface area contributed by atoms with Gasteiger partial charge < -0.3 is 9.55 Å². The Balaban J connectivity index is 1.71. The van der Waals surface area contributed by atoms with Gasteiger partial charge in [0.05, 0.1) is 21.3 Å². The Kier molecular flexibility index (Phi) is 4.12. The third kappa shape index (κ3) is 2.93. The molecule has 0 radical (unpaired) electrons. The van der Waals surface area contributed by atoms with Crippen LogP contribution in [-0.4, -0.2) is 20.4 Å². The van der Waals surface area contributed by atoms with Crippen LogP contribution in [-0.2, 0) is 6.54 Å². The largest absolute Gasteiger partial charge is 0.316 e. The van der Waals surface area contributed by atoms with E-state index in [-0.39, 0.29) is 5.91 Å². The Morgan fingerprint density at radius 2 is 2.07 bits per heavy atom. The van der Waals surface area contributed by atoms with Crippen LogP contribution in [0.3, 0.4) is 0 Å². The minimum absolute atomic E-state index is 0.330. The lowest BCUT2D eigenvalue weighted by Crippen LogP contribution is -2.36. The second-order valence-corrected chi connectivity index (χ2v) is 7.16. The molecule has 0 aliphatic heterocycles. The highest BCUT2D eigenvalue weighted by atomic mass is 32.1. The topological polar surface area (TPSA) is 96.9 Å². The van der Waals surface area contributed by atoms with Gasteiger partial charge in [-0.1, -0.05) is 23.5 Å². The van der Waals surface area contributed by atoms with E-state index in [1.54, 1.807) is 25.1 Å². The Bertz CT molecular complexity index is 1320. The van der Waals surface area contributed by atoms with Crippen LogP contribution in [0.25, 0.3) is 21.3 Å². The molecule has 1 amide bonds. The van der Waals surface area contributed by atoms with Gasteiger partial charge in [0.25, 0.3) is 5.91 Å². The van der Waals surface area contributed by atoms with E-state index in [2.05, 4.69) is 15.3 Å². The number of benzene rings is 2. The fraction of sp³-hybridized carbons (Fsp3) is 0.158. The number of anilines is 1. The maximum absolute atomic E-state index is 12.6. The number of fused-ring (bicyclic) bond motifs is 2. The smallest absolute Gasteiger partial charge is 0.316 e. The van der Waals surface area contributed by atoms with E-state index >= 15 is 0 Å². The van der Waals surface area contributed by atoms with Crippen LogP contribution in [0.5, 0.6) is 0 Å². The molecular weight excluding hydrogens is 364 g/mol. The fourth-order valence-electron chi connectivity index (χ4n) is 3.04. The molecule has 27 heavy (non-hydrogen) atoms. The van der Waals surface area contributed by atoms with E-state index < -0.39 is 11.1 Å². The van der Waals surface area contributed by atoms with Gasteiger partial charge in [-0.2, -0.15) is 0 Å². The van der Waals surface area contributed by atoms with Crippen molar-refractivity contribution in [2.24, 2.45) is 0 Å². The highest BCUT2D eigenvalue weighted by molar-refractivity contribution is 7.22. The first kappa shape index (κ1) is 17.2. The lowest BCUT2D eigenvalue weighted by Gasteiger charge is -2.08. The number of carbonyl (C=O) groups is 1. The van der Waals surface area contributed by atoms with Crippen molar-refractivity contribution < 1.29 is 4.79 Å². The molecule has 4 aromatic rings. The molecule has 0 saturated carbocycles. The van der Waals surface area contributed by atoms with Crippen molar-refractivity contribution in [3.05, 3.63) is 68.2 Å². The first-order valence-corrected chi connectivity index (χ1v) is 9.24. The Morgan fingerprint density at radius 1 is 1.26 bits per heavy atom. The first-order chi connectivity index (χ1) is 13.0. The molecule has 0 atom stereocenters. The number of aromatic amines is 1. The van der Waals surface area contributed by atoms with Gasteiger partial charge in [-0.15, -0.1) is 0 Å². The molecule has 0 aliphatic rings. The van der Waals surface area contributed by atoms with Gasteiger partial charge in [-0.05, 0) is 43.7 Å². The van der Waals surface area contributed by atoms with Crippen molar-refractivity contribution in [3.8, 4) is 0 Å². The molecule has 0 fully saturated rings. The maximum Gasteiger partial charge on any atom is 0.316 e. The van der Waals surface area contributed by atoms with Crippen molar-refractivity contribution in [1.82, 2.24) is 14.5 Å². The molecule has 2 aromatic heterocycles. The Labute approximate surface area is 157 Å². The summed E-state index contributed by atoms with van der Waals surface area (Å²) >= 11 is 1.40. The predicted molar refractivity (Wildman–Crippen MR) is 107 cm³/mol. The zero-order chi connectivity index (χ0) is 19.1. The molecule has 0 unspecified atom stereocenters. The number of hydrogen-bond acceptors (Lipinski definition) is 5. The van der Waals surface area contributed by atoms with Gasteiger partial charge in [0, 0.05) is 12.1 Å². The molecule has 0 bridgehead atoms. The van der Waals surface area contributed by atoms with Crippen LogP contribution in [0.2, 0.25) is 0 Å². The fourth-order valence-corrected chi connectivity index (χ4v) is 3.98. The van der Waals surface area contributed by atoms with Gasteiger partial charge in [0.15, 0.2) is 5.13 Å². The molecular formula is C19H16N4O3S. The van der Waals surface area contributed by atoms with Crippen LogP contribution in [0, 0.1) is 6.92 Å². The van der Waals surface area contributed by atoms with Crippen molar-refractivity contribution in [2.45, 2.75) is 20.4 Å². The van der Waals surface area contributed by atoms with Gasteiger partial charge in [-0.3, -0.25) is 19.7 Å². The van der Waals surface area contributed by atoms with Crippen LogP contribution in [0.1, 0.15) is 22.8 Å². The number of nitrogens with zero attached hydrogens (tertiary/aromatic N) is 2. The number of nitrogens with one attached hydrogen (secondary N) is 2. The molecule has 4 rings (SSSR count). The summed E-state index contributed by atoms with van der Waals surface area (Å²) < 4.78 is 2.38. The Hall–Kier alpha value is -3.26. The van der Waals surface area contributed by atoms with E-state index in [9.17, 15) is 14.4 Å². The second-order valence-electron chi connectivity index (χ2n) is 6.13. The number of aromatic nitrogens is 3. The molecule has 7 nitrogen and oxygen atoms in total. The summed E-state index contributed by atoms with van der Waals surface area (Å²) in [7, 11) is 0. The van der Waals surface area contributed by atoms with E-state index in [1.165, 1.54) is 15.9 Å². The van der Waals surface area contributed by atoms with Gasteiger partial charge >= 0.3 is 11.1 Å². The summed E-state index contributed by atoms with van der Waals surface area (Å²) in [6.07, 6.45) is 0. The zero-order valence-corrected chi connectivity index (χ0v) is 15.5. The molecule has 2 N–H and O–H groups in total. The summed E-state index contributed by atoms with van der Waals surface area (Å²) in [5.41, 5.74) is 1.99. The number of H-pyrrole nitrogens is 1. The summed E-state index contributed by atoms with van der Waals surface area (Å²) in [5, 5.41) is 3.31. The van der Waals surface area contributed by atoms with Crippen molar-refractivity contribution in [3.63, 3.8) is 0 Å². The quantitative estimate of drug-likeness (QED) is 0.534. The lowest BCUT2D eigenvalue weighted by atomic mass is 10.1. The monoisotopic (exact) mass is 380 g/mol. The lowest BCUT2D eigenvalue weighted by molar-refractivity contribution is 0.102. The standard InChI is InChI=1S/C19H16N4O3S/c1-3-23-13-8-7-11(9-12(13)20-17(25)18(23)26)16(24)22-19-21-15-10(2)5-4-6-14(15)27-19/h4-9H,3H2,1-2H3,(H,20,25)(H,21,22,24). The maximum atomic E-state index is 12.6. The van der Waals surface area contributed by atoms with Crippen LogP contribution >= 0.6 is 11.3 Å². The molecule has 2 aromatic carbocycles. The van der Waals surface area contributed by atoms with Crippen LogP contribution in [0.4, 0.5) is 5.13 Å². The number of para-hydroxylation sites is 1. The van der Waals surface area contributed by atoms with Gasteiger partial charge in [-0.25, -0.2) is 4.98 Å². The van der Waals surface area contributed by atoms with Crippen molar-refractivity contribution >= 4 is 43.6 Å². The summed E-state index contributed by atoms with van der Waals surface area (Å²) in [6, 6.07) is 10.7. The van der Waals surface area contributed by atoms with Crippen molar-refractivity contribution in [2.75, 3.05) is 5.32 Å². The third-order valence-corrected chi connectivity index (χ3v) is 5.33. The number of thiazole rings is 1. The van der Waals surface area contributed by atoms with Gasteiger partial charge in [0.1, 0.15) is 0 Å². The minimum Gasteiger partial charge on any atom is -0.316 e. The molecule has 136 valence electrons. The van der Waals surface area contributed by atoms with Crippen molar-refractivity contribution in [1.29, 1.82) is 0 Å².